The molecule has 2 bridgehead atoms. The highest BCUT2D eigenvalue weighted by atomic mass is 16.6. The summed E-state index contributed by atoms with van der Waals surface area (Å²) in [5.41, 5.74) is 0. The zero-order valence-electron chi connectivity index (χ0n) is 29.7. The Morgan fingerprint density at radius 3 is 1.83 bits per heavy atom. The smallest absolute Gasteiger partial charge is 0.320 e. The first-order valence-corrected chi connectivity index (χ1v) is 18.8. The molecule has 0 aromatic heterocycles. The highest BCUT2D eigenvalue weighted by Gasteiger charge is 2.31. The first-order chi connectivity index (χ1) is 22.4. The van der Waals surface area contributed by atoms with Crippen LogP contribution in [0.15, 0.2) is 24.3 Å². The highest BCUT2D eigenvalue weighted by molar-refractivity contribution is 5.71. The van der Waals surface area contributed by atoms with Crippen molar-refractivity contribution >= 4 is 17.9 Å². The summed E-state index contributed by atoms with van der Waals surface area (Å²) < 4.78 is 16.5. The van der Waals surface area contributed by atoms with E-state index in [1.165, 1.54) is 77.0 Å². The Morgan fingerprint density at radius 1 is 0.674 bits per heavy atom. The second-order valence-corrected chi connectivity index (χ2v) is 14.3. The molecule has 46 heavy (non-hydrogen) atoms. The van der Waals surface area contributed by atoms with Gasteiger partial charge in [0.05, 0.1) is 12.5 Å². The van der Waals surface area contributed by atoms with Crippen molar-refractivity contribution in [3.63, 3.8) is 0 Å². The summed E-state index contributed by atoms with van der Waals surface area (Å²) in [5, 5.41) is 0. The van der Waals surface area contributed by atoms with Crippen molar-refractivity contribution in [1.29, 1.82) is 0 Å². The van der Waals surface area contributed by atoms with Crippen molar-refractivity contribution in [2.45, 2.75) is 142 Å². The molecule has 2 aliphatic carbocycles. The molecule has 7 heteroatoms. The molecule has 0 aromatic carbocycles. The number of allylic oxidation sites excluding steroid dienone is 4. The molecule has 3 atom stereocenters. The third-order valence-corrected chi connectivity index (χ3v) is 9.43. The van der Waals surface area contributed by atoms with Crippen LogP contribution in [-0.4, -0.2) is 63.3 Å². The summed E-state index contributed by atoms with van der Waals surface area (Å²) in [6.45, 7) is 2.62. The third kappa shape index (κ3) is 20.9. The second kappa shape index (κ2) is 25.9. The van der Waals surface area contributed by atoms with E-state index in [-0.39, 0.29) is 50.2 Å². The topological polar surface area (TPSA) is 82.1 Å². The number of rotatable bonds is 26. The molecule has 3 unspecified atom stereocenters. The molecule has 0 radical (unpaired) electrons. The molecule has 0 saturated heterocycles. The zero-order valence-corrected chi connectivity index (χ0v) is 29.7. The van der Waals surface area contributed by atoms with E-state index in [0.29, 0.717) is 12.8 Å². The summed E-state index contributed by atoms with van der Waals surface area (Å²) in [5.74, 6) is 1.35. The Kier molecular flexibility index (Phi) is 22.5. The van der Waals surface area contributed by atoms with Crippen molar-refractivity contribution in [2.24, 2.45) is 23.7 Å². The Hall–Kier alpha value is -2.15. The Morgan fingerprint density at radius 2 is 1.22 bits per heavy atom. The molecule has 7 nitrogen and oxygen atoms in total. The summed E-state index contributed by atoms with van der Waals surface area (Å²) in [6, 6.07) is 0. The maximum atomic E-state index is 12.5. The van der Waals surface area contributed by atoms with E-state index >= 15 is 0 Å². The quantitative estimate of drug-likeness (QED) is 0.0402. The van der Waals surface area contributed by atoms with Gasteiger partial charge in [0.25, 0.3) is 0 Å². The molecule has 0 amide bonds. The standard InChI is InChI=1S/C39H67NO6/c1-4-5-6-7-8-9-10-11-12-13-14-15-16-17-18-24-37(41)44-30-36(32-46-39(43)29-40(2)3)31-45-38(42)25-20-23-35-27-33-21-19-22-34(26-33)28-35/h8-9,11-12,33-36H,4-7,10,13-32H2,1-3H3/b9-8-,12-11-. The molecule has 2 rings (SSSR count). The van der Waals surface area contributed by atoms with Crippen LogP contribution in [0, 0.1) is 23.7 Å². The minimum Gasteiger partial charge on any atom is -0.465 e. The van der Waals surface area contributed by atoms with Gasteiger partial charge in [-0.3, -0.25) is 19.3 Å². The molecule has 2 fully saturated rings. The van der Waals surface area contributed by atoms with Gasteiger partial charge in [0.1, 0.15) is 19.8 Å². The largest absolute Gasteiger partial charge is 0.465 e. The van der Waals surface area contributed by atoms with Gasteiger partial charge >= 0.3 is 17.9 Å². The lowest BCUT2D eigenvalue weighted by molar-refractivity contribution is -0.153. The molecule has 264 valence electrons. The number of hydrogen-bond donors (Lipinski definition) is 0. The number of likely N-dealkylation sites (N-methyl/N-ethyl adjacent to an activating group) is 1. The fourth-order valence-electron chi connectivity index (χ4n) is 6.95. The molecule has 0 aliphatic heterocycles. The summed E-state index contributed by atoms with van der Waals surface area (Å²) in [4.78, 5) is 38.8. The highest BCUT2D eigenvalue weighted by Crippen LogP contribution is 2.43. The Balaban J connectivity index is 1.57. The van der Waals surface area contributed by atoms with Gasteiger partial charge in [0.15, 0.2) is 0 Å². The van der Waals surface area contributed by atoms with Gasteiger partial charge in [-0.2, -0.15) is 0 Å². The third-order valence-electron chi connectivity index (χ3n) is 9.43. The van der Waals surface area contributed by atoms with E-state index in [4.69, 9.17) is 14.2 Å². The lowest BCUT2D eigenvalue weighted by Crippen LogP contribution is -2.29. The van der Waals surface area contributed by atoms with Gasteiger partial charge in [-0.25, -0.2) is 0 Å². The van der Waals surface area contributed by atoms with Crippen LogP contribution >= 0.6 is 0 Å². The van der Waals surface area contributed by atoms with Crippen LogP contribution in [-0.2, 0) is 28.6 Å². The number of carbonyl (C=O) groups is 3. The predicted molar refractivity (Wildman–Crippen MR) is 186 cm³/mol. The number of hydrogen-bond acceptors (Lipinski definition) is 7. The molecule has 0 heterocycles. The maximum absolute atomic E-state index is 12.5. The number of fused-ring (bicyclic) bond motifs is 2. The van der Waals surface area contributed by atoms with E-state index in [0.717, 1.165) is 62.7 Å². The van der Waals surface area contributed by atoms with Gasteiger partial charge in [-0.05, 0) is 102 Å². The van der Waals surface area contributed by atoms with E-state index in [1.54, 1.807) is 19.0 Å². The summed E-state index contributed by atoms with van der Waals surface area (Å²) >= 11 is 0. The summed E-state index contributed by atoms with van der Waals surface area (Å²) in [7, 11) is 3.60. The molecular formula is C39H67NO6. The van der Waals surface area contributed by atoms with E-state index in [9.17, 15) is 14.4 Å². The van der Waals surface area contributed by atoms with Crippen LogP contribution in [0.25, 0.3) is 0 Å². The maximum Gasteiger partial charge on any atom is 0.320 e. The van der Waals surface area contributed by atoms with Crippen LogP contribution in [0.4, 0.5) is 0 Å². The van der Waals surface area contributed by atoms with Gasteiger partial charge in [0, 0.05) is 12.8 Å². The van der Waals surface area contributed by atoms with Crippen molar-refractivity contribution in [2.75, 3.05) is 40.5 Å². The van der Waals surface area contributed by atoms with Gasteiger partial charge < -0.3 is 14.2 Å². The van der Waals surface area contributed by atoms with E-state index < -0.39 is 0 Å². The number of unbranched alkanes of at least 4 members (excludes halogenated alkanes) is 8. The second-order valence-electron chi connectivity index (χ2n) is 14.3. The van der Waals surface area contributed by atoms with Crippen LogP contribution in [0.2, 0.25) is 0 Å². The summed E-state index contributed by atoms with van der Waals surface area (Å²) in [6.07, 6.45) is 32.5. The lowest BCUT2D eigenvalue weighted by atomic mass is 9.67. The van der Waals surface area contributed by atoms with Gasteiger partial charge in [0.2, 0.25) is 0 Å². The minimum absolute atomic E-state index is 0.0573. The normalized spacial score (nSPS) is 20.3. The van der Waals surface area contributed by atoms with Crippen molar-refractivity contribution < 1.29 is 28.6 Å². The fourth-order valence-corrected chi connectivity index (χ4v) is 6.95. The molecule has 2 saturated carbocycles. The minimum atomic E-state index is -0.374. The Labute approximate surface area is 281 Å². The monoisotopic (exact) mass is 645 g/mol. The van der Waals surface area contributed by atoms with E-state index in [1.807, 2.05) is 0 Å². The van der Waals surface area contributed by atoms with Gasteiger partial charge in [-0.15, -0.1) is 0 Å². The zero-order chi connectivity index (χ0) is 33.2. The SMILES string of the molecule is CCCCC/C=C\C/C=C\CCCCCCCC(=O)OCC(COC(=O)CCCC1CC2CCCC(C1)C2)COC(=O)CN(C)C. The van der Waals surface area contributed by atoms with Crippen LogP contribution in [0.5, 0.6) is 0 Å². The average molecular weight is 646 g/mol. The van der Waals surface area contributed by atoms with E-state index in [2.05, 4.69) is 31.2 Å². The number of carbonyl (C=O) groups excluding carboxylic acids is 3. The molecule has 2 aliphatic rings. The number of esters is 3. The average Bonchev–Trinajstić information content (AvgIpc) is 3.02. The fraction of sp³-hybridized carbons (Fsp3) is 0.821. The predicted octanol–water partition coefficient (Wildman–Crippen LogP) is 8.99. The van der Waals surface area contributed by atoms with Gasteiger partial charge in [-0.1, -0.05) is 82.6 Å². The van der Waals surface area contributed by atoms with Crippen molar-refractivity contribution in [3.8, 4) is 0 Å². The molecule has 0 spiro atoms. The van der Waals surface area contributed by atoms with Crippen molar-refractivity contribution in [1.82, 2.24) is 4.90 Å². The number of ether oxygens (including phenoxy) is 3. The van der Waals surface area contributed by atoms with Crippen molar-refractivity contribution in [3.05, 3.63) is 24.3 Å². The lowest BCUT2D eigenvalue weighted by Gasteiger charge is -2.39. The van der Waals surface area contributed by atoms with Crippen LogP contribution in [0.3, 0.4) is 0 Å². The van der Waals surface area contributed by atoms with Crippen LogP contribution in [0.1, 0.15) is 142 Å². The molecular weight excluding hydrogens is 578 g/mol. The van der Waals surface area contributed by atoms with Crippen LogP contribution < -0.4 is 0 Å². The number of nitrogens with zero attached hydrogens (tertiary/aromatic N) is 1. The molecule has 0 aromatic rings. The Bertz CT molecular complexity index is 872. The first-order valence-electron chi connectivity index (χ1n) is 18.8. The molecule has 0 N–H and O–H groups in total. The first kappa shape index (κ1) is 40.0.